The standard InChI is InChI=1S/C21H23N3OS2/c1-15-5-3-6-16(13-15)14-19(25)23-9-11-24(12-10-23)21-22-20-17(26-2)7-4-8-18(20)27-21/h3-8,13H,9-12,14H2,1-2H3. The van der Waals surface area contributed by atoms with Gasteiger partial charge in [-0.05, 0) is 30.9 Å². The minimum atomic E-state index is 0.217. The van der Waals surface area contributed by atoms with Crippen molar-refractivity contribution in [1.82, 2.24) is 9.88 Å². The van der Waals surface area contributed by atoms with Gasteiger partial charge in [0.1, 0.15) is 0 Å². The number of thioether (sulfide) groups is 1. The summed E-state index contributed by atoms with van der Waals surface area (Å²) in [5.41, 5.74) is 3.40. The topological polar surface area (TPSA) is 36.4 Å². The van der Waals surface area contributed by atoms with Crippen LogP contribution in [0.3, 0.4) is 0 Å². The van der Waals surface area contributed by atoms with E-state index in [-0.39, 0.29) is 5.91 Å². The highest BCUT2D eigenvalue weighted by Gasteiger charge is 2.23. The van der Waals surface area contributed by atoms with Gasteiger partial charge in [-0.15, -0.1) is 11.8 Å². The SMILES string of the molecule is CSc1cccc2sc(N3CCN(C(=O)Cc4cccc(C)c4)CC3)nc12. The maximum atomic E-state index is 12.6. The van der Waals surface area contributed by atoms with Crippen molar-refractivity contribution in [3.63, 3.8) is 0 Å². The molecule has 0 bridgehead atoms. The van der Waals surface area contributed by atoms with Crippen molar-refractivity contribution in [2.75, 3.05) is 37.3 Å². The van der Waals surface area contributed by atoms with Gasteiger partial charge >= 0.3 is 0 Å². The quantitative estimate of drug-likeness (QED) is 0.618. The van der Waals surface area contributed by atoms with Gasteiger partial charge in [0.2, 0.25) is 5.91 Å². The van der Waals surface area contributed by atoms with E-state index in [1.165, 1.54) is 15.2 Å². The Kier molecular flexibility index (Phi) is 5.36. The number of aromatic nitrogens is 1. The number of aryl methyl sites for hydroxylation is 1. The summed E-state index contributed by atoms with van der Waals surface area (Å²) in [6.45, 7) is 5.26. The van der Waals surface area contributed by atoms with Crippen LogP contribution >= 0.6 is 23.1 Å². The van der Waals surface area contributed by atoms with Crippen LogP contribution in [-0.2, 0) is 11.2 Å². The van der Waals surface area contributed by atoms with Crippen LogP contribution in [0, 0.1) is 6.92 Å². The highest BCUT2D eigenvalue weighted by Crippen LogP contribution is 2.34. The number of piperazine rings is 1. The first kappa shape index (κ1) is 18.3. The summed E-state index contributed by atoms with van der Waals surface area (Å²) in [4.78, 5) is 23.0. The average molecular weight is 398 g/mol. The van der Waals surface area contributed by atoms with Crippen LogP contribution in [0.5, 0.6) is 0 Å². The largest absolute Gasteiger partial charge is 0.345 e. The van der Waals surface area contributed by atoms with Gasteiger partial charge in [0.05, 0.1) is 16.6 Å². The van der Waals surface area contributed by atoms with Gasteiger partial charge in [0.15, 0.2) is 5.13 Å². The molecule has 140 valence electrons. The van der Waals surface area contributed by atoms with Crippen LogP contribution in [0.15, 0.2) is 47.4 Å². The smallest absolute Gasteiger partial charge is 0.227 e. The summed E-state index contributed by atoms with van der Waals surface area (Å²) in [6, 6.07) is 14.6. The lowest BCUT2D eigenvalue weighted by Crippen LogP contribution is -2.49. The number of anilines is 1. The molecule has 0 saturated carbocycles. The Hall–Kier alpha value is -2.05. The summed E-state index contributed by atoms with van der Waals surface area (Å²) in [6.07, 6.45) is 2.58. The van der Waals surface area contributed by atoms with E-state index in [0.29, 0.717) is 6.42 Å². The molecule has 0 spiro atoms. The van der Waals surface area contributed by atoms with Crippen LogP contribution in [0.1, 0.15) is 11.1 Å². The average Bonchev–Trinajstić information content (AvgIpc) is 3.12. The van der Waals surface area contributed by atoms with Crippen LogP contribution in [0.25, 0.3) is 10.2 Å². The van der Waals surface area contributed by atoms with E-state index in [2.05, 4.69) is 48.4 Å². The van der Waals surface area contributed by atoms with Gasteiger partial charge in [-0.25, -0.2) is 4.98 Å². The zero-order chi connectivity index (χ0) is 18.8. The molecule has 6 heteroatoms. The fourth-order valence-electron chi connectivity index (χ4n) is 3.47. The number of fused-ring (bicyclic) bond motifs is 1. The minimum Gasteiger partial charge on any atom is -0.345 e. The van der Waals surface area contributed by atoms with E-state index in [9.17, 15) is 4.79 Å². The molecule has 0 radical (unpaired) electrons. The molecule has 1 fully saturated rings. The van der Waals surface area contributed by atoms with Gasteiger partial charge in [0.25, 0.3) is 0 Å². The number of hydrogen-bond acceptors (Lipinski definition) is 5. The number of para-hydroxylation sites is 1. The minimum absolute atomic E-state index is 0.217. The number of amides is 1. The fourth-order valence-corrected chi connectivity index (χ4v) is 5.14. The Morgan fingerprint density at radius 2 is 1.93 bits per heavy atom. The molecule has 1 aromatic heterocycles. The molecule has 1 aliphatic heterocycles. The maximum absolute atomic E-state index is 12.6. The van der Waals surface area contributed by atoms with Gasteiger partial charge in [-0.1, -0.05) is 47.2 Å². The maximum Gasteiger partial charge on any atom is 0.227 e. The molecule has 2 heterocycles. The lowest BCUT2D eigenvalue weighted by molar-refractivity contribution is -0.130. The predicted molar refractivity (Wildman–Crippen MR) is 115 cm³/mol. The number of thiazole rings is 1. The summed E-state index contributed by atoms with van der Waals surface area (Å²) in [5.74, 6) is 0.217. The molecule has 3 aromatic rings. The first-order valence-electron chi connectivity index (χ1n) is 9.16. The second-order valence-corrected chi connectivity index (χ2v) is 8.69. The van der Waals surface area contributed by atoms with Crippen LogP contribution in [-0.4, -0.2) is 48.2 Å². The second kappa shape index (κ2) is 7.90. The number of rotatable bonds is 4. The lowest BCUT2D eigenvalue weighted by Gasteiger charge is -2.34. The number of carbonyl (C=O) groups excluding carboxylic acids is 1. The van der Waals surface area contributed by atoms with Crippen molar-refractivity contribution >= 4 is 44.4 Å². The number of carbonyl (C=O) groups is 1. The summed E-state index contributed by atoms with van der Waals surface area (Å²) in [5, 5.41) is 1.07. The molecule has 0 aliphatic carbocycles. The fraction of sp³-hybridized carbons (Fsp3) is 0.333. The van der Waals surface area contributed by atoms with E-state index >= 15 is 0 Å². The van der Waals surface area contributed by atoms with Crippen LogP contribution < -0.4 is 4.90 Å². The molecule has 1 saturated heterocycles. The van der Waals surface area contributed by atoms with Crippen molar-refractivity contribution in [3.8, 4) is 0 Å². The van der Waals surface area contributed by atoms with Gasteiger partial charge in [-0.3, -0.25) is 4.79 Å². The number of hydrogen-bond donors (Lipinski definition) is 0. The summed E-state index contributed by atoms with van der Waals surface area (Å²) >= 11 is 3.48. The normalized spacial score (nSPS) is 14.7. The third kappa shape index (κ3) is 3.96. The Labute approximate surface area is 168 Å². The second-order valence-electron chi connectivity index (χ2n) is 6.84. The van der Waals surface area contributed by atoms with Crippen LogP contribution in [0.2, 0.25) is 0 Å². The highest BCUT2D eigenvalue weighted by molar-refractivity contribution is 7.98. The van der Waals surface area contributed by atoms with E-state index < -0.39 is 0 Å². The zero-order valence-corrected chi connectivity index (χ0v) is 17.3. The molecule has 1 aliphatic rings. The number of benzene rings is 2. The Morgan fingerprint density at radius 1 is 1.15 bits per heavy atom. The molecular formula is C21H23N3OS2. The van der Waals surface area contributed by atoms with Gasteiger partial charge < -0.3 is 9.80 Å². The summed E-state index contributed by atoms with van der Waals surface area (Å²) < 4.78 is 1.23. The Morgan fingerprint density at radius 3 is 2.67 bits per heavy atom. The highest BCUT2D eigenvalue weighted by atomic mass is 32.2. The summed E-state index contributed by atoms with van der Waals surface area (Å²) in [7, 11) is 0. The predicted octanol–water partition coefficient (Wildman–Crippen LogP) is 4.22. The van der Waals surface area contributed by atoms with Crippen molar-refractivity contribution in [2.24, 2.45) is 0 Å². The van der Waals surface area contributed by atoms with Crippen molar-refractivity contribution in [1.29, 1.82) is 0 Å². The Bertz CT molecular complexity index is 961. The first-order chi connectivity index (χ1) is 13.1. The molecule has 0 N–H and O–H groups in total. The molecular weight excluding hydrogens is 374 g/mol. The van der Waals surface area contributed by atoms with Crippen molar-refractivity contribution < 1.29 is 4.79 Å². The molecule has 4 rings (SSSR count). The first-order valence-corrected chi connectivity index (χ1v) is 11.2. The molecule has 4 nitrogen and oxygen atoms in total. The van der Waals surface area contributed by atoms with E-state index in [1.807, 2.05) is 17.0 Å². The van der Waals surface area contributed by atoms with E-state index in [1.54, 1.807) is 23.1 Å². The van der Waals surface area contributed by atoms with Crippen LogP contribution in [0.4, 0.5) is 5.13 Å². The monoisotopic (exact) mass is 397 g/mol. The van der Waals surface area contributed by atoms with E-state index in [0.717, 1.165) is 42.4 Å². The third-order valence-electron chi connectivity index (χ3n) is 4.93. The molecule has 27 heavy (non-hydrogen) atoms. The van der Waals surface area contributed by atoms with E-state index in [4.69, 9.17) is 4.98 Å². The van der Waals surface area contributed by atoms with Gasteiger partial charge in [0, 0.05) is 31.1 Å². The molecule has 1 amide bonds. The third-order valence-corrected chi connectivity index (χ3v) is 6.78. The molecule has 0 atom stereocenters. The van der Waals surface area contributed by atoms with Gasteiger partial charge in [-0.2, -0.15) is 0 Å². The molecule has 0 unspecified atom stereocenters. The Balaban J connectivity index is 1.41. The number of nitrogens with zero attached hydrogens (tertiary/aromatic N) is 3. The van der Waals surface area contributed by atoms with Crippen molar-refractivity contribution in [2.45, 2.75) is 18.2 Å². The zero-order valence-electron chi connectivity index (χ0n) is 15.6. The lowest BCUT2D eigenvalue weighted by atomic mass is 10.1. The van der Waals surface area contributed by atoms with Crippen molar-refractivity contribution in [3.05, 3.63) is 53.6 Å². The molecule has 2 aromatic carbocycles.